The zero-order valence-corrected chi connectivity index (χ0v) is 20.2. The second-order valence-corrected chi connectivity index (χ2v) is 8.09. The molecule has 7 nitrogen and oxygen atoms in total. The van der Waals surface area contributed by atoms with Gasteiger partial charge in [-0.05, 0) is 24.1 Å². The van der Waals surface area contributed by atoms with Gasteiger partial charge in [0.2, 0.25) is 0 Å². The van der Waals surface area contributed by atoms with E-state index in [1.165, 1.54) is 0 Å². The number of methoxy groups -OCH3 is 4. The minimum atomic E-state index is -0.115. The highest BCUT2D eigenvalue weighted by Crippen LogP contribution is 2.41. The van der Waals surface area contributed by atoms with Crippen LogP contribution in [0.1, 0.15) is 11.1 Å². The molecule has 0 amide bonds. The van der Waals surface area contributed by atoms with Crippen molar-refractivity contribution in [1.29, 1.82) is 0 Å². The topological polar surface area (TPSA) is 63.4 Å². The Kier molecular flexibility index (Phi) is 7.87. The van der Waals surface area contributed by atoms with Crippen molar-refractivity contribution in [3.05, 3.63) is 71.2 Å². The Morgan fingerprint density at radius 2 is 1.79 bits per heavy atom. The molecule has 4 rings (SSSR count). The van der Waals surface area contributed by atoms with Crippen LogP contribution in [0.5, 0.6) is 17.2 Å². The Morgan fingerprint density at radius 3 is 2.50 bits per heavy atom. The van der Waals surface area contributed by atoms with Crippen LogP contribution in [-0.2, 0) is 29.0 Å². The van der Waals surface area contributed by atoms with Crippen molar-refractivity contribution in [2.75, 3.05) is 41.6 Å². The molecule has 34 heavy (non-hydrogen) atoms. The Bertz CT molecular complexity index is 1170. The summed E-state index contributed by atoms with van der Waals surface area (Å²) in [5, 5.41) is 0. The Balaban J connectivity index is 1.78. The van der Waals surface area contributed by atoms with E-state index in [1.807, 2.05) is 30.3 Å². The quantitative estimate of drug-likeness (QED) is 0.456. The van der Waals surface area contributed by atoms with Crippen LogP contribution >= 0.6 is 0 Å². The fourth-order valence-corrected chi connectivity index (χ4v) is 4.28. The predicted molar refractivity (Wildman–Crippen MR) is 131 cm³/mol. The van der Waals surface area contributed by atoms with Crippen molar-refractivity contribution >= 4 is 0 Å². The van der Waals surface area contributed by atoms with Crippen molar-refractivity contribution in [2.24, 2.45) is 4.99 Å². The average Bonchev–Trinajstić information content (AvgIpc) is 2.89. The number of hydrogen-bond acceptors (Lipinski definition) is 6. The lowest BCUT2D eigenvalue weighted by Gasteiger charge is -2.26. The van der Waals surface area contributed by atoms with Gasteiger partial charge < -0.3 is 28.3 Å². The van der Waals surface area contributed by atoms with Crippen LogP contribution < -0.4 is 19.7 Å². The summed E-state index contributed by atoms with van der Waals surface area (Å²) in [6, 6.07) is 18.2. The molecule has 1 atom stereocenters. The van der Waals surface area contributed by atoms with Crippen LogP contribution in [0.25, 0.3) is 11.3 Å². The van der Waals surface area contributed by atoms with Crippen molar-refractivity contribution in [3.63, 3.8) is 0 Å². The summed E-state index contributed by atoms with van der Waals surface area (Å²) in [7, 11) is 6.69. The highest BCUT2D eigenvalue weighted by Gasteiger charge is 2.23. The van der Waals surface area contributed by atoms with Crippen LogP contribution in [0.15, 0.2) is 59.6 Å². The van der Waals surface area contributed by atoms with Gasteiger partial charge in [-0.2, -0.15) is 0 Å². The summed E-state index contributed by atoms with van der Waals surface area (Å²) in [5.41, 5.74) is 5.21. The minimum Gasteiger partial charge on any atom is -0.493 e. The number of aromatic nitrogens is 1. The van der Waals surface area contributed by atoms with E-state index in [2.05, 4.69) is 28.8 Å². The summed E-state index contributed by atoms with van der Waals surface area (Å²) in [6.07, 6.45) is 0.696. The van der Waals surface area contributed by atoms with E-state index in [1.54, 1.807) is 28.4 Å². The van der Waals surface area contributed by atoms with Crippen LogP contribution in [0.4, 0.5) is 0 Å². The SMILES string of the molecule is COCC(CN=c1cc(OCc2ccccc2)cc2n1CCc1c-2ccc(OC)c1OC)OC. The maximum Gasteiger partial charge on any atom is 0.164 e. The Morgan fingerprint density at radius 1 is 0.971 bits per heavy atom. The van der Waals surface area contributed by atoms with Gasteiger partial charge in [-0.1, -0.05) is 30.3 Å². The lowest BCUT2D eigenvalue weighted by molar-refractivity contribution is 0.0338. The van der Waals surface area contributed by atoms with Crippen molar-refractivity contribution < 1.29 is 23.7 Å². The molecule has 0 aliphatic carbocycles. The third-order valence-electron chi connectivity index (χ3n) is 6.02. The second kappa shape index (κ2) is 11.2. The van der Waals surface area contributed by atoms with Gasteiger partial charge in [0.25, 0.3) is 0 Å². The molecule has 0 bridgehead atoms. The number of pyridine rings is 1. The fraction of sp³-hybridized carbons (Fsp3) is 0.370. The number of nitrogens with zero attached hydrogens (tertiary/aromatic N) is 2. The molecule has 7 heteroatoms. The predicted octanol–water partition coefficient (Wildman–Crippen LogP) is 3.87. The number of rotatable bonds is 10. The summed E-state index contributed by atoms with van der Waals surface area (Å²) < 4.78 is 30.5. The molecule has 1 aliphatic heterocycles. The maximum absolute atomic E-state index is 6.21. The summed E-state index contributed by atoms with van der Waals surface area (Å²) in [5.74, 6) is 2.27. The molecule has 0 spiro atoms. The summed E-state index contributed by atoms with van der Waals surface area (Å²) in [6.45, 7) is 2.22. The van der Waals surface area contributed by atoms with Gasteiger partial charge in [-0.25, -0.2) is 0 Å². The average molecular weight is 465 g/mol. The molecule has 1 aromatic heterocycles. The first kappa shape index (κ1) is 23.9. The molecule has 1 unspecified atom stereocenters. The zero-order valence-electron chi connectivity index (χ0n) is 20.2. The van der Waals surface area contributed by atoms with Gasteiger partial charge in [0.1, 0.15) is 17.8 Å². The van der Waals surface area contributed by atoms with Crippen molar-refractivity contribution in [3.8, 4) is 28.5 Å². The monoisotopic (exact) mass is 464 g/mol. The lowest BCUT2D eigenvalue weighted by Crippen LogP contribution is -2.29. The van der Waals surface area contributed by atoms with E-state index in [-0.39, 0.29) is 6.10 Å². The third kappa shape index (κ3) is 5.11. The first-order valence-corrected chi connectivity index (χ1v) is 11.4. The highest BCUT2D eigenvalue weighted by molar-refractivity contribution is 5.72. The van der Waals surface area contributed by atoms with Crippen LogP contribution in [-0.4, -0.2) is 52.3 Å². The van der Waals surface area contributed by atoms with E-state index in [9.17, 15) is 0 Å². The molecule has 3 aromatic rings. The van der Waals surface area contributed by atoms with Crippen molar-refractivity contribution in [1.82, 2.24) is 4.57 Å². The molecule has 0 radical (unpaired) electrons. The molecular formula is C27H32N2O5. The molecule has 1 aliphatic rings. The molecule has 0 saturated carbocycles. The first-order chi connectivity index (χ1) is 16.7. The van der Waals surface area contributed by atoms with E-state index >= 15 is 0 Å². The minimum absolute atomic E-state index is 0.115. The lowest BCUT2D eigenvalue weighted by atomic mass is 9.95. The highest BCUT2D eigenvalue weighted by atomic mass is 16.5. The molecule has 2 aromatic carbocycles. The molecular weight excluding hydrogens is 432 g/mol. The molecule has 2 heterocycles. The Labute approximate surface area is 200 Å². The van der Waals surface area contributed by atoms with Crippen LogP contribution in [0.2, 0.25) is 0 Å². The number of fused-ring (bicyclic) bond motifs is 3. The van der Waals surface area contributed by atoms with Gasteiger partial charge in [0, 0.05) is 44.0 Å². The first-order valence-electron chi connectivity index (χ1n) is 11.4. The molecule has 0 N–H and O–H groups in total. The smallest absolute Gasteiger partial charge is 0.164 e. The maximum atomic E-state index is 6.21. The standard InChI is InChI=1S/C27H32N2O5/c1-30-18-21(31-2)16-28-26-15-20(34-17-19-8-6-5-7-9-19)14-24-22-10-11-25(32-3)27(33-4)23(22)12-13-29(24)26/h5-11,14-15,21H,12-13,16-18H2,1-4H3. The fourth-order valence-electron chi connectivity index (χ4n) is 4.28. The molecule has 0 fully saturated rings. The Hall–Kier alpha value is -3.29. The summed E-state index contributed by atoms with van der Waals surface area (Å²) in [4.78, 5) is 4.90. The molecule has 180 valence electrons. The molecule has 0 saturated heterocycles. The van der Waals surface area contributed by atoms with Crippen molar-refractivity contribution in [2.45, 2.75) is 25.7 Å². The van der Waals surface area contributed by atoms with Gasteiger partial charge in [0.05, 0.1) is 39.2 Å². The zero-order chi connectivity index (χ0) is 23.9. The second-order valence-electron chi connectivity index (χ2n) is 8.09. The summed E-state index contributed by atoms with van der Waals surface area (Å²) >= 11 is 0. The number of ether oxygens (including phenoxy) is 5. The van der Waals surface area contributed by atoms with E-state index in [0.29, 0.717) is 19.8 Å². The van der Waals surface area contributed by atoms with E-state index in [0.717, 1.165) is 58.1 Å². The van der Waals surface area contributed by atoms with Crippen LogP contribution in [0, 0.1) is 0 Å². The van der Waals surface area contributed by atoms with Crippen LogP contribution in [0.3, 0.4) is 0 Å². The van der Waals surface area contributed by atoms with E-state index in [4.69, 9.17) is 28.7 Å². The third-order valence-corrected chi connectivity index (χ3v) is 6.02. The van der Waals surface area contributed by atoms with Gasteiger partial charge >= 0.3 is 0 Å². The van der Waals surface area contributed by atoms with E-state index < -0.39 is 0 Å². The normalized spacial score (nSPS) is 13.7. The number of benzene rings is 2. The largest absolute Gasteiger partial charge is 0.493 e. The van der Waals surface area contributed by atoms with Gasteiger partial charge in [0.15, 0.2) is 11.5 Å². The van der Waals surface area contributed by atoms with Gasteiger partial charge in [-0.15, -0.1) is 0 Å². The number of hydrogen-bond donors (Lipinski definition) is 0. The van der Waals surface area contributed by atoms with Gasteiger partial charge in [-0.3, -0.25) is 4.99 Å².